The summed E-state index contributed by atoms with van der Waals surface area (Å²) < 4.78 is 20.6. The first-order chi connectivity index (χ1) is 24.9. The molecule has 1 aliphatic rings. The maximum atomic E-state index is 13.7. The van der Waals surface area contributed by atoms with Gasteiger partial charge in [0.2, 0.25) is 0 Å². The van der Waals surface area contributed by atoms with Gasteiger partial charge in [-0.05, 0) is 48.5 Å². The highest BCUT2D eigenvalue weighted by Gasteiger charge is 2.51. The summed E-state index contributed by atoms with van der Waals surface area (Å²) in [5.74, 6) is -2.61. The number of hydrogen-bond donors (Lipinski definition) is 1. The van der Waals surface area contributed by atoms with Gasteiger partial charge in [0.1, 0.15) is 12.4 Å². The molecule has 0 radical (unpaired) electrons. The van der Waals surface area contributed by atoms with Gasteiger partial charge in [-0.1, -0.05) is 72.8 Å². The Hall–Kier alpha value is -6.57. The van der Waals surface area contributed by atoms with E-state index >= 15 is 0 Å². The maximum Gasteiger partial charge on any atom is 0.338 e. The zero-order valence-corrected chi connectivity index (χ0v) is 26.8. The summed E-state index contributed by atoms with van der Waals surface area (Å²) in [5.41, 5.74) is 1.10. The number of esters is 2. The topological polar surface area (TPSA) is 164 Å². The summed E-state index contributed by atoms with van der Waals surface area (Å²) in [7, 11) is 0. The molecule has 0 bridgehead atoms. The van der Waals surface area contributed by atoms with Crippen molar-refractivity contribution < 1.29 is 38.5 Å². The lowest BCUT2D eigenvalue weighted by Gasteiger charge is -2.24. The third-order valence-corrected chi connectivity index (χ3v) is 8.22. The summed E-state index contributed by atoms with van der Waals surface area (Å²) >= 11 is 0. The second-order valence-corrected chi connectivity index (χ2v) is 11.4. The first-order valence-electron chi connectivity index (χ1n) is 15.9. The Kier molecular flexibility index (Phi) is 9.37. The number of benzene rings is 4. The van der Waals surface area contributed by atoms with Crippen LogP contribution in [-0.2, 0) is 14.2 Å². The molecule has 3 heterocycles. The minimum absolute atomic E-state index is 0.0491. The van der Waals surface area contributed by atoms with Gasteiger partial charge < -0.3 is 19.3 Å². The second kappa shape index (κ2) is 14.5. The highest BCUT2D eigenvalue weighted by atomic mass is 16.6. The van der Waals surface area contributed by atoms with Gasteiger partial charge in [-0.25, -0.2) is 24.1 Å². The molecular formula is C38H29N5O8. The Morgan fingerprint density at radius 1 is 0.667 bits per heavy atom. The lowest BCUT2D eigenvalue weighted by atomic mass is 10.1. The molecule has 0 unspecified atom stereocenters. The van der Waals surface area contributed by atoms with Gasteiger partial charge in [0.15, 0.2) is 35.1 Å². The zero-order valence-electron chi connectivity index (χ0n) is 26.8. The molecule has 13 heteroatoms. The van der Waals surface area contributed by atoms with E-state index in [-0.39, 0.29) is 33.3 Å². The summed E-state index contributed by atoms with van der Waals surface area (Å²) in [5, 5.41) is 10.4. The molecule has 13 nitrogen and oxygen atoms in total. The molecular weight excluding hydrogens is 654 g/mol. The standard InChI is InChI=1S/C38H29N5O8/c44-21-28-30(50-37(47)26-17-9-3-10-18-26)31(51-38(48)27-19-11-4-12-20-27)36(49-28)43-22-39-29-32(43)40-23-42(35(46)25-15-7-2-8-16-25)33(29)41-34(45)24-13-5-1-6-14-24/h1-20,22-23,28,30-31,36,44H,21H2/t28-,30-,31-,36-/m1/s1. The van der Waals surface area contributed by atoms with E-state index < -0.39 is 54.9 Å². The summed E-state index contributed by atoms with van der Waals surface area (Å²) in [6.07, 6.45) is -2.42. The van der Waals surface area contributed by atoms with Gasteiger partial charge in [-0.3, -0.25) is 14.2 Å². The van der Waals surface area contributed by atoms with Crippen molar-refractivity contribution in [2.24, 2.45) is 4.99 Å². The summed E-state index contributed by atoms with van der Waals surface area (Å²) in [6, 6.07) is 33.2. The Bertz CT molecular complexity index is 2280. The van der Waals surface area contributed by atoms with Gasteiger partial charge in [0.25, 0.3) is 11.8 Å². The van der Waals surface area contributed by atoms with E-state index in [0.717, 1.165) is 4.57 Å². The van der Waals surface area contributed by atoms with E-state index in [2.05, 4.69) is 15.0 Å². The molecule has 51 heavy (non-hydrogen) atoms. The van der Waals surface area contributed by atoms with Crippen LogP contribution in [0.15, 0.2) is 139 Å². The van der Waals surface area contributed by atoms with Crippen molar-refractivity contribution >= 4 is 34.9 Å². The lowest BCUT2D eigenvalue weighted by molar-refractivity contribution is -0.0566. The highest BCUT2D eigenvalue weighted by Crippen LogP contribution is 2.36. The number of carbonyl (C=O) groups excluding carboxylic acids is 4. The van der Waals surface area contributed by atoms with Crippen molar-refractivity contribution in [1.29, 1.82) is 0 Å². The molecule has 1 N–H and O–H groups in total. The maximum absolute atomic E-state index is 13.7. The Labute approximate surface area is 290 Å². The van der Waals surface area contributed by atoms with Crippen LogP contribution in [0, 0.1) is 0 Å². The molecule has 7 rings (SSSR count). The van der Waals surface area contributed by atoms with Crippen molar-refractivity contribution in [3.05, 3.63) is 162 Å². The molecule has 4 atom stereocenters. The lowest BCUT2D eigenvalue weighted by Crippen LogP contribution is -2.40. The van der Waals surface area contributed by atoms with Gasteiger partial charge in [-0.2, -0.15) is 4.99 Å². The first-order valence-corrected chi connectivity index (χ1v) is 15.9. The molecule has 254 valence electrons. The summed E-state index contributed by atoms with van der Waals surface area (Å²) in [4.78, 5) is 67.1. The Morgan fingerprint density at radius 3 is 1.73 bits per heavy atom. The highest BCUT2D eigenvalue weighted by molar-refractivity contribution is 5.98. The normalized spacial score (nSPS) is 18.7. The molecule has 0 spiro atoms. The molecule has 0 aliphatic carbocycles. The number of nitrogens with zero attached hydrogens (tertiary/aromatic N) is 5. The summed E-state index contributed by atoms with van der Waals surface area (Å²) in [6.45, 7) is -0.597. The van der Waals surface area contributed by atoms with Crippen LogP contribution >= 0.6 is 0 Å². The van der Waals surface area contributed by atoms with Crippen LogP contribution in [-0.4, -0.2) is 72.9 Å². The van der Waals surface area contributed by atoms with Crippen molar-refractivity contribution in [1.82, 2.24) is 19.1 Å². The fourth-order valence-corrected chi connectivity index (χ4v) is 5.70. The van der Waals surface area contributed by atoms with Crippen LogP contribution in [0.5, 0.6) is 0 Å². The predicted molar refractivity (Wildman–Crippen MR) is 180 cm³/mol. The Morgan fingerprint density at radius 2 is 1.18 bits per heavy atom. The molecule has 1 amide bonds. The van der Waals surface area contributed by atoms with E-state index in [1.165, 1.54) is 17.2 Å². The minimum Gasteiger partial charge on any atom is -0.452 e. The third kappa shape index (κ3) is 6.71. The third-order valence-electron chi connectivity index (χ3n) is 8.22. The number of aliphatic hydroxyl groups excluding tert-OH is 1. The Balaban J connectivity index is 1.34. The number of fused-ring (bicyclic) bond motifs is 1. The fraction of sp³-hybridized carbons (Fsp3) is 0.132. The largest absolute Gasteiger partial charge is 0.452 e. The van der Waals surface area contributed by atoms with Gasteiger partial charge in [0.05, 0.1) is 24.1 Å². The minimum atomic E-state index is -1.31. The van der Waals surface area contributed by atoms with Crippen molar-refractivity contribution in [3.8, 4) is 0 Å². The van der Waals surface area contributed by atoms with E-state index in [9.17, 15) is 24.3 Å². The van der Waals surface area contributed by atoms with E-state index in [1.54, 1.807) is 121 Å². The monoisotopic (exact) mass is 683 g/mol. The van der Waals surface area contributed by atoms with Crippen molar-refractivity contribution in [2.75, 3.05) is 6.61 Å². The van der Waals surface area contributed by atoms with Crippen LogP contribution in [0.4, 0.5) is 0 Å². The van der Waals surface area contributed by atoms with Crippen molar-refractivity contribution in [3.63, 3.8) is 0 Å². The van der Waals surface area contributed by atoms with E-state index in [1.807, 2.05) is 0 Å². The van der Waals surface area contributed by atoms with Crippen LogP contribution in [0.25, 0.3) is 11.2 Å². The number of ether oxygens (including phenoxy) is 3. The number of imidazole rings is 1. The molecule has 6 aromatic rings. The van der Waals surface area contributed by atoms with Gasteiger partial charge in [-0.15, -0.1) is 0 Å². The molecule has 4 aromatic carbocycles. The zero-order chi connectivity index (χ0) is 35.3. The number of hydrogen-bond acceptors (Lipinski definition) is 10. The molecule has 2 aromatic heterocycles. The molecule has 1 aliphatic heterocycles. The number of carbonyl (C=O) groups is 4. The van der Waals surface area contributed by atoms with Crippen LogP contribution in [0.2, 0.25) is 0 Å². The van der Waals surface area contributed by atoms with Crippen LogP contribution in [0.3, 0.4) is 0 Å². The molecule has 1 fully saturated rings. The van der Waals surface area contributed by atoms with Crippen LogP contribution in [0.1, 0.15) is 47.7 Å². The SMILES string of the molecule is O=C(N=c1c2ncn([C@@H]3O[C@H](CO)[C@@H](OC(=O)c4ccccc4)[C@H]3OC(=O)c3ccccc3)c2ncn1C(=O)c1ccccc1)c1ccccc1. The molecule has 1 saturated heterocycles. The molecule has 0 saturated carbocycles. The smallest absolute Gasteiger partial charge is 0.338 e. The van der Waals surface area contributed by atoms with Crippen LogP contribution < -0.4 is 5.49 Å². The van der Waals surface area contributed by atoms with E-state index in [4.69, 9.17) is 14.2 Å². The quantitative estimate of drug-likeness (QED) is 0.232. The van der Waals surface area contributed by atoms with Crippen molar-refractivity contribution in [2.45, 2.75) is 24.5 Å². The van der Waals surface area contributed by atoms with Gasteiger partial charge in [0, 0.05) is 11.1 Å². The fourth-order valence-electron chi connectivity index (χ4n) is 5.70. The number of aromatic nitrogens is 4. The second-order valence-electron chi connectivity index (χ2n) is 11.4. The number of amides is 1. The number of aliphatic hydroxyl groups is 1. The average Bonchev–Trinajstić information content (AvgIpc) is 3.77. The van der Waals surface area contributed by atoms with Gasteiger partial charge >= 0.3 is 11.9 Å². The number of rotatable bonds is 8. The first kappa shape index (κ1) is 33.0. The predicted octanol–water partition coefficient (Wildman–Crippen LogP) is 4.00. The average molecular weight is 684 g/mol. The van der Waals surface area contributed by atoms with E-state index in [0.29, 0.717) is 5.56 Å².